The summed E-state index contributed by atoms with van der Waals surface area (Å²) in [6.45, 7) is 2.53. The van der Waals surface area contributed by atoms with Crippen molar-refractivity contribution in [1.82, 2.24) is 0 Å². The number of hydrogen-bond acceptors (Lipinski definition) is 6. The lowest BCUT2D eigenvalue weighted by Gasteiger charge is -2.36. The molecule has 4 unspecified atom stereocenters. The van der Waals surface area contributed by atoms with Gasteiger partial charge in [0.15, 0.2) is 18.5 Å². The van der Waals surface area contributed by atoms with E-state index in [1.807, 2.05) is 22.6 Å². The average Bonchev–Trinajstić information content (AvgIpc) is 2.16. The van der Waals surface area contributed by atoms with E-state index >= 15 is 0 Å². The molecule has 1 saturated heterocycles. The molecule has 0 aromatic rings. The van der Waals surface area contributed by atoms with Gasteiger partial charge in [0.2, 0.25) is 0 Å². The van der Waals surface area contributed by atoms with Crippen molar-refractivity contribution in [2.45, 2.75) is 36.3 Å². The smallest absolute Gasteiger partial charge is 0.303 e. The van der Waals surface area contributed by atoms with Gasteiger partial charge in [0.05, 0.1) is 6.61 Å². The Bertz CT molecular complexity index is 281. The molecule has 6 nitrogen and oxygen atoms in total. The maximum absolute atomic E-state index is 10.9. The Morgan fingerprint density at radius 2 is 1.88 bits per heavy atom. The second kappa shape index (κ2) is 5.78. The number of aliphatic hydroxyl groups is 1. The number of alkyl halides is 1. The molecule has 1 heterocycles. The first-order chi connectivity index (χ1) is 7.41. The van der Waals surface area contributed by atoms with Gasteiger partial charge in [0.25, 0.3) is 0 Å². The third-order valence-electron chi connectivity index (χ3n) is 2.00. The third-order valence-corrected chi connectivity index (χ3v) is 3.33. The number of carbonyl (C=O) groups excluding carboxylic acids is 2. The van der Waals surface area contributed by atoms with Crippen LogP contribution in [-0.2, 0) is 23.8 Å². The molecule has 1 aliphatic heterocycles. The van der Waals surface area contributed by atoms with Gasteiger partial charge in [-0.25, -0.2) is 0 Å². The highest BCUT2D eigenvalue weighted by molar-refractivity contribution is 14.1. The Balaban J connectivity index is 2.72. The van der Waals surface area contributed by atoms with Crippen LogP contribution in [0, 0.1) is 0 Å². The summed E-state index contributed by atoms with van der Waals surface area (Å²) < 4.78 is 14.5. The minimum atomic E-state index is -1.03. The number of halogens is 1. The van der Waals surface area contributed by atoms with Gasteiger partial charge in [-0.1, -0.05) is 22.6 Å². The van der Waals surface area contributed by atoms with Crippen molar-refractivity contribution in [1.29, 1.82) is 0 Å². The number of esters is 2. The van der Waals surface area contributed by atoms with Crippen molar-refractivity contribution in [3.8, 4) is 0 Å². The lowest BCUT2D eigenvalue weighted by molar-refractivity contribution is -0.210. The molecule has 1 aliphatic rings. The van der Waals surface area contributed by atoms with Crippen LogP contribution in [0.1, 0.15) is 13.8 Å². The van der Waals surface area contributed by atoms with E-state index < -0.39 is 34.4 Å². The Kier molecular flexibility index (Phi) is 4.93. The quantitative estimate of drug-likeness (QED) is 0.432. The number of rotatable bonds is 2. The van der Waals surface area contributed by atoms with Crippen molar-refractivity contribution in [2.75, 3.05) is 6.61 Å². The molecule has 1 fully saturated rings. The largest absolute Gasteiger partial charge is 0.457 e. The molecule has 0 radical (unpaired) electrons. The summed E-state index contributed by atoms with van der Waals surface area (Å²) in [4.78, 5) is 21.8. The molecular weight excluding hydrogens is 331 g/mol. The average molecular weight is 344 g/mol. The lowest BCUT2D eigenvalue weighted by Crippen LogP contribution is -2.53. The van der Waals surface area contributed by atoms with Gasteiger partial charge in [-0.3, -0.25) is 9.59 Å². The Morgan fingerprint density at radius 1 is 1.31 bits per heavy atom. The molecule has 0 amide bonds. The van der Waals surface area contributed by atoms with Gasteiger partial charge in [0, 0.05) is 13.8 Å². The molecule has 0 spiro atoms. The van der Waals surface area contributed by atoms with Gasteiger partial charge >= 0.3 is 11.9 Å². The van der Waals surface area contributed by atoms with Crippen LogP contribution in [-0.4, -0.2) is 46.1 Å². The highest BCUT2D eigenvalue weighted by Gasteiger charge is 2.42. The van der Waals surface area contributed by atoms with Crippen LogP contribution in [0.25, 0.3) is 0 Å². The topological polar surface area (TPSA) is 82.1 Å². The third kappa shape index (κ3) is 3.56. The fourth-order valence-electron chi connectivity index (χ4n) is 1.39. The molecular formula is C9H13IO6. The van der Waals surface area contributed by atoms with E-state index in [2.05, 4.69) is 0 Å². The first kappa shape index (κ1) is 13.7. The van der Waals surface area contributed by atoms with Crippen molar-refractivity contribution >= 4 is 34.5 Å². The summed E-state index contributed by atoms with van der Waals surface area (Å²) in [6, 6.07) is 0. The first-order valence-corrected chi connectivity index (χ1v) is 5.94. The predicted octanol–water partition coefficient (Wildman–Crippen LogP) is 0.00200. The van der Waals surface area contributed by atoms with Crippen LogP contribution in [0.4, 0.5) is 0 Å². The van der Waals surface area contributed by atoms with Gasteiger partial charge < -0.3 is 19.3 Å². The number of aliphatic hydroxyl groups excluding tert-OH is 1. The fourth-order valence-corrected chi connectivity index (χ4v) is 2.21. The van der Waals surface area contributed by atoms with Gasteiger partial charge in [-0.2, -0.15) is 0 Å². The Hall–Kier alpha value is -0.410. The maximum atomic E-state index is 10.9. The molecule has 0 saturated carbocycles. The van der Waals surface area contributed by atoms with Crippen LogP contribution in [0.2, 0.25) is 0 Å². The van der Waals surface area contributed by atoms with Gasteiger partial charge in [-0.15, -0.1) is 0 Å². The first-order valence-electron chi connectivity index (χ1n) is 4.70. The maximum Gasteiger partial charge on any atom is 0.303 e. The van der Waals surface area contributed by atoms with E-state index in [-0.39, 0.29) is 6.61 Å². The highest BCUT2D eigenvalue weighted by Crippen LogP contribution is 2.26. The second-order valence-corrected chi connectivity index (χ2v) is 4.83. The van der Waals surface area contributed by atoms with Crippen molar-refractivity contribution in [3.05, 3.63) is 0 Å². The van der Waals surface area contributed by atoms with Crippen LogP contribution in [0.3, 0.4) is 0 Å². The highest BCUT2D eigenvalue weighted by atomic mass is 127. The van der Waals surface area contributed by atoms with Crippen molar-refractivity contribution in [3.63, 3.8) is 0 Å². The van der Waals surface area contributed by atoms with Crippen LogP contribution in [0.15, 0.2) is 0 Å². The SMILES string of the molecule is CC(=O)OC1COC(O)C(I)C1OC(C)=O. The van der Waals surface area contributed by atoms with Crippen LogP contribution in [0.5, 0.6) is 0 Å². The molecule has 7 heteroatoms. The second-order valence-electron chi connectivity index (χ2n) is 3.39. The molecule has 16 heavy (non-hydrogen) atoms. The summed E-state index contributed by atoms with van der Waals surface area (Å²) in [7, 11) is 0. The molecule has 0 aliphatic carbocycles. The molecule has 92 valence electrons. The number of carbonyl (C=O) groups is 2. The fraction of sp³-hybridized carbons (Fsp3) is 0.778. The predicted molar refractivity (Wildman–Crippen MR) is 60.9 cm³/mol. The van der Waals surface area contributed by atoms with Crippen LogP contribution < -0.4 is 0 Å². The van der Waals surface area contributed by atoms with Gasteiger partial charge in [-0.05, 0) is 0 Å². The number of ether oxygens (including phenoxy) is 3. The molecule has 0 aromatic carbocycles. The molecule has 1 rings (SSSR count). The molecule has 0 bridgehead atoms. The van der Waals surface area contributed by atoms with E-state index in [0.29, 0.717) is 0 Å². The zero-order chi connectivity index (χ0) is 12.3. The Labute approximate surface area is 106 Å². The van der Waals surface area contributed by atoms with Crippen LogP contribution >= 0.6 is 22.6 Å². The van der Waals surface area contributed by atoms with E-state index in [4.69, 9.17) is 14.2 Å². The van der Waals surface area contributed by atoms with E-state index in [1.54, 1.807) is 0 Å². The summed E-state index contributed by atoms with van der Waals surface area (Å²) in [6.07, 6.45) is -2.39. The van der Waals surface area contributed by atoms with Crippen molar-refractivity contribution < 1.29 is 28.9 Å². The minimum Gasteiger partial charge on any atom is -0.457 e. The summed E-state index contributed by atoms with van der Waals surface area (Å²) in [5.74, 6) is -0.969. The van der Waals surface area contributed by atoms with Crippen molar-refractivity contribution in [2.24, 2.45) is 0 Å². The minimum absolute atomic E-state index is 0.0121. The Morgan fingerprint density at radius 3 is 2.38 bits per heavy atom. The molecule has 1 N–H and O–H groups in total. The summed E-state index contributed by atoms with van der Waals surface area (Å²) in [5, 5.41) is 9.45. The lowest BCUT2D eigenvalue weighted by atomic mass is 10.1. The zero-order valence-corrected chi connectivity index (χ0v) is 11.0. The zero-order valence-electron chi connectivity index (χ0n) is 8.88. The van der Waals surface area contributed by atoms with E-state index in [9.17, 15) is 14.7 Å². The van der Waals surface area contributed by atoms with E-state index in [1.165, 1.54) is 13.8 Å². The number of hydrogen-bond donors (Lipinski definition) is 1. The van der Waals surface area contributed by atoms with E-state index in [0.717, 1.165) is 0 Å². The molecule has 0 aromatic heterocycles. The molecule has 4 atom stereocenters. The van der Waals surface area contributed by atoms with Gasteiger partial charge in [0.1, 0.15) is 3.92 Å². The summed E-state index contributed by atoms with van der Waals surface area (Å²) >= 11 is 1.90. The summed E-state index contributed by atoms with van der Waals surface area (Å²) in [5.41, 5.74) is 0. The standard InChI is InChI=1S/C9H13IO6/c1-4(11)15-6-3-14-9(13)7(10)8(6)16-5(2)12/h6-9,13H,3H2,1-2H3. The normalized spacial score (nSPS) is 34.2. The monoisotopic (exact) mass is 344 g/mol.